The summed E-state index contributed by atoms with van der Waals surface area (Å²) < 4.78 is 0. The predicted octanol–water partition coefficient (Wildman–Crippen LogP) is 2.21. The smallest absolute Gasteiger partial charge is 0.352 e. The third-order valence-corrected chi connectivity index (χ3v) is 5.79. The van der Waals surface area contributed by atoms with Crippen LogP contribution in [-0.2, 0) is 9.59 Å². The summed E-state index contributed by atoms with van der Waals surface area (Å²) in [5.41, 5.74) is 7.55. The fourth-order valence-electron chi connectivity index (χ4n) is 2.44. The number of β-lactam (4-membered cyclic amide) rings is 1. The lowest BCUT2D eigenvalue weighted by molar-refractivity contribution is -0.147. The van der Waals surface area contributed by atoms with Gasteiger partial charge in [0.05, 0.1) is 0 Å². The number of halogens is 2. The maximum absolute atomic E-state index is 11.8. The third kappa shape index (κ3) is 4.51. The number of carboxylic acid groups (broad SMARTS) is 1. The summed E-state index contributed by atoms with van der Waals surface area (Å²) in [6.07, 6.45) is 5.38. The summed E-state index contributed by atoms with van der Waals surface area (Å²) in [6.45, 7) is 0. The van der Waals surface area contributed by atoms with Crippen molar-refractivity contribution in [2.24, 2.45) is 5.73 Å². The molecular formula is C15H17Cl2N3O3S2. The first-order valence-electron chi connectivity index (χ1n) is 6.93. The molecule has 3 rings (SSSR count). The normalized spacial score (nSPS) is 22.0. The largest absolute Gasteiger partial charge is 0.477 e. The maximum Gasteiger partial charge on any atom is 0.352 e. The number of aliphatic carboxylic acids is 1. The van der Waals surface area contributed by atoms with Gasteiger partial charge in [-0.05, 0) is 28.7 Å². The predicted molar refractivity (Wildman–Crippen MR) is 106 cm³/mol. The molecule has 1 unspecified atom stereocenters. The summed E-state index contributed by atoms with van der Waals surface area (Å²) in [4.78, 5) is 28.7. The average molecular weight is 422 g/mol. The van der Waals surface area contributed by atoms with Crippen molar-refractivity contribution in [2.45, 2.75) is 11.4 Å². The van der Waals surface area contributed by atoms with Gasteiger partial charge >= 0.3 is 5.97 Å². The van der Waals surface area contributed by atoms with Crippen LogP contribution in [0, 0.1) is 0 Å². The topological polar surface area (TPSA) is 96.5 Å². The zero-order chi connectivity index (χ0) is 16.4. The fourth-order valence-corrected chi connectivity index (χ4v) is 4.65. The lowest BCUT2D eigenvalue weighted by Crippen LogP contribution is -2.68. The standard InChI is InChI=1S/C15H15N3O3S2.2ClH/c16-11-13(19)18-12(15(20)21)10(8-23-14(11)18)7-22-5-3-9-2-1-4-17-6-9;;/h1-6,11,14H,7-8,16H2,(H,20,21);2*1H/b5-3-;;/t11?,14-;;/m0../s1. The Hall–Kier alpha value is -1.19. The van der Waals surface area contributed by atoms with Gasteiger partial charge in [0.1, 0.15) is 17.1 Å². The summed E-state index contributed by atoms with van der Waals surface area (Å²) in [5.74, 6) is -0.273. The Labute approximate surface area is 166 Å². The number of thioether (sulfide) groups is 2. The Morgan fingerprint density at radius 1 is 1.52 bits per heavy atom. The Kier molecular flexibility index (Phi) is 8.30. The number of fused-ring (bicyclic) bond motifs is 1. The van der Waals surface area contributed by atoms with E-state index in [1.807, 2.05) is 23.6 Å². The van der Waals surface area contributed by atoms with Crippen molar-refractivity contribution in [3.8, 4) is 0 Å². The number of aromatic nitrogens is 1. The number of nitrogens with zero attached hydrogens (tertiary/aromatic N) is 2. The van der Waals surface area contributed by atoms with Crippen LogP contribution >= 0.6 is 48.3 Å². The van der Waals surface area contributed by atoms with E-state index in [9.17, 15) is 14.7 Å². The molecule has 0 aromatic carbocycles. The van der Waals surface area contributed by atoms with Gasteiger partial charge in [0.15, 0.2) is 0 Å². The van der Waals surface area contributed by atoms with Gasteiger partial charge in [0.2, 0.25) is 5.91 Å². The molecule has 2 aliphatic rings. The first-order valence-corrected chi connectivity index (χ1v) is 9.03. The monoisotopic (exact) mass is 421 g/mol. The summed E-state index contributed by atoms with van der Waals surface area (Å²) >= 11 is 3.01. The highest BCUT2D eigenvalue weighted by atomic mass is 35.5. The molecule has 1 aromatic heterocycles. The van der Waals surface area contributed by atoms with Gasteiger partial charge in [-0.1, -0.05) is 6.07 Å². The highest BCUT2D eigenvalue weighted by Gasteiger charge is 2.51. The van der Waals surface area contributed by atoms with E-state index in [4.69, 9.17) is 5.73 Å². The van der Waals surface area contributed by atoms with E-state index < -0.39 is 12.0 Å². The number of hydrogen-bond acceptors (Lipinski definition) is 6. The molecule has 136 valence electrons. The average Bonchev–Trinajstić information content (AvgIpc) is 2.58. The van der Waals surface area contributed by atoms with Crippen LogP contribution in [0.25, 0.3) is 6.08 Å². The summed E-state index contributed by atoms with van der Waals surface area (Å²) in [6, 6.07) is 3.20. The van der Waals surface area contributed by atoms with Gasteiger partial charge < -0.3 is 10.8 Å². The van der Waals surface area contributed by atoms with Gasteiger partial charge in [0.25, 0.3) is 0 Å². The molecule has 3 N–H and O–H groups in total. The SMILES string of the molecule is Cl.Cl.NC1C(=O)N2C(C(=O)O)=C(CS/C=C\c3cccnc3)CS[C@@H]12. The van der Waals surface area contributed by atoms with E-state index in [0.717, 1.165) is 11.1 Å². The number of carboxylic acids is 1. The molecule has 25 heavy (non-hydrogen) atoms. The van der Waals surface area contributed by atoms with Crippen molar-refractivity contribution < 1.29 is 14.7 Å². The van der Waals surface area contributed by atoms with Crippen LogP contribution < -0.4 is 5.73 Å². The van der Waals surface area contributed by atoms with E-state index >= 15 is 0 Å². The molecule has 6 nitrogen and oxygen atoms in total. The Morgan fingerprint density at radius 3 is 2.92 bits per heavy atom. The van der Waals surface area contributed by atoms with Gasteiger partial charge in [0, 0.05) is 23.9 Å². The maximum atomic E-state index is 11.8. The lowest BCUT2D eigenvalue weighted by atomic mass is 10.0. The van der Waals surface area contributed by atoms with E-state index in [0.29, 0.717) is 11.5 Å². The van der Waals surface area contributed by atoms with Crippen LogP contribution in [0.15, 0.2) is 41.2 Å². The molecule has 0 spiro atoms. The Bertz CT molecular complexity index is 701. The minimum absolute atomic E-state index is 0. The quantitative estimate of drug-likeness (QED) is 0.703. The Balaban J connectivity index is 0.00000156. The molecule has 2 aliphatic heterocycles. The third-order valence-electron chi connectivity index (χ3n) is 3.59. The first kappa shape index (κ1) is 21.9. The second-order valence-electron chi connectivity index (χ2n) is 5.09. The highest BCUT2D eigenvalue weighted by molar-refractivity contribution is 8.02. The van der Waals surface area contributed by atoms with Crippen molar-refractivity contribution in [1.29, 1.82) is 0 Å². The Morgan fingerprint density at radius 2 is 2.28 bits per heavy atom. The van der Waals surface area contributed by atoms with E-state index in [1.165, 1.54) is 28.4 Å². The molecule has 1 amide bonds. The van der Waals surface area contributed by atoms with E-state index in [-0.39, 0.29) is 41.8 Å². The van der Waals surface area contributed by atoms with Gasteiger partial charge in [-0.3, -0.25) is 14.7 Å². The van der Waals surface area contributed by atoms with Crippen molar-refractivity contribution in [1.82, 2.24) is 9.88 Å². The van der Waals surface area contributed by atoms with Crippen molar-refractivity contribution in [3.05, 3.63) is 46.8 Å². The first-order chi connectivity index (χ1) is 11.1. The summed E-state index contributed by atoms with van der Waals surface area (Å²) in [5, 5.41) is 11.1. The molecule has 0 aliphatic carbocycles. The molecule has 10 heteroatoms. The second kappa shape index (κ2) is 9.49. The molecule has 2 atom stereocenters. The number of pyridine rings is 1. The number of rotatable bonds is 5. The van der Waals surface area contributed by atoms with Crippen molar-refractivity contribution in [2.75, 3.05) is 11.5 Å². The number of carbonyl (C=O) groups excluding carboxylic acids is 1. The van der Waals surface area contributed by atoms with Gasteiger partial charge in [-0.25, -0.2) is 4.79 Å². The van der Waals surface area contributed by atoms with Crippen LogP contribution in [0.1, 0.15) is 5.56 Å². The molecule has 3 heterocycles. The second-order valence-corrected chi connectivity index (χ2v) is 7.09. The van der Waals surface area contributed by atoms with Crippen LogP contribution in [0.4, 0.5) is 0 Å². The fraction of sp³-hybridized carbons (Fsp3) is 0.267. The summed E-state index contributed by atoms with van der Waals surface area (Å²) in [7, 11) is 0. The molecule has 0 saturated carbocycles. The molecule has 0 radical (unpaired) electrons. The zero-order valence-electron chi connectivity index (χ0n) is 12.9. The zero-order valence-corrected chi connectivity index (χ0v) is 16.2. The minimum Gasteiger partial charge on any atom is -0.477 e. The molecule has 1 fully saturated rings. The molecule has 1 saturated heterocycles. The number of hydrogen-bond donors (Lipinski definition) is 2. The van der Waals surface area contributed by atoms with Crippen molar-refractivity contribution in [3.63, 3.8) is 0 Å². The van der Waals surface area contributed by atoms with Gasteiger partial charge in [-0.15, -0.1) is 48.3 Å². The van der Waals surface area contributed by atoms with Crippen LogP contribution in [-0.4, -0.2) is 49.8 Å². The number of amides is 1. The van der Waals surface area contributed by atoms with E-state index in [2.05, 4.69) is 4.98 Å². The minimum atomic E-state index is -1.07. The van der Waals surface area contributed by atoms with Crippen LogP contribution in [0.5, 0.6) is 0 Å². The molecule has 0 bridgehead atoms. The molecule has 1 aromatic rings. The molecular weight excluding hydrogens is 405 g/mol. The highest BCUT2D eigenvalue weighted by Crippen LogP contribution is 2.40. The van der Waals surface area contributed by atoms with Gasteiger partial charge in [-0.2, -0.15) is 0 Å². The number of carbonyl (C=O) groups is 2. The van der Waals surface area contributed by atoms with Crippen molar-refractivity contribution >= 4 is 66.3 Å². The van der Waals surface area contributed by atoms with E-state index in [1.54, 1.807) is 12.4 Å². The van der Waals surface area contributed by atoms with Crippen LogP contribution in [0.2, 0.25) is 0 Å². The van der Waals surface area contributed by atoms with Crippen LogP contribution in [0.3, 0.4) is 0 Å². The lowest BCUT2D eigenvalue weighted by Gasteiger charge is -2.48. The number of nitrogens with two attached hydrogens (primary N) is 1.